The molecule has 0 bridgehead atoms. The van der Waals surface area contributed by atoms with Crippen LogP contribution in [-0.4, -0.2) is 36.1 Å². The van der Waals surface area contributed by atoms with Gasteiger partial charge in [0.2, 0.25) is 5.28 Å². The molecule has 0 unspecified atom stereocenters. The normalized spacial score (nSPS) is 19.2. The molecular formula is C8H9ClN4. The van der Waals surface area contributed by atoms with Gasteiger partial charge in [-0.2, -0.15) is 0 Å². The molecule has 0 N–H and O–H groups in total. The quantitative estimate of drug-likeness (QED) is 0.517. The molecule has 3 heterocycles. The predicted octanol–water partition coefficient (Wildman–Crippen LogP) is 0.770. The first-order chi connectivity index (χ1) is 6.33. The van der Waals surface area contributed by atoms with Crippen molar-refractivity contribution in [3.05, 3.63) is 11.3 Å². The maximum absolute atomic E-state index is 5.82. The Kier molecular flexibility index (Phi) is 1.41. The number of halogens is 1. The number of hydrogen-bond acceptors (Lipinski definition) is 4. The maximum atomic E-state index is 5.82. The lowest BCUT2D eigenvalue weighted by Crippen LogP contribution is -2.01. The van der Waals surface area contributed by atoms with Crippen LogP contribution < -0.4 is 9.80 Å². The van der Waals surface area contributed by atoms with E-state index in [0.717, 1.165) is 37.8 Å². The Morgan fingerprint density at radius 3 is 1.85 bits per heavy atom. The number of rotatable bonds is 2. The zero-order chi connectivity index (χ0) is 8.84. The zero-order valence-corrected chi connectivity index (χ0v) is 7.83. The van der Waals surface area contributed by atoms with Crippen LogP contribution >= 0.6 is 11.6 Å². The minimum atomic E-state index is 0.353. The molecule has 5 heteroatoms. The van der Waals surface area contributed by atoms with Crippen molar-refractivity contribution in [1.29, 1.82) is 0 Å². The summed E-state index contributed by atoms with van der Waals surface area (Å²) in [5.74, 6) is 1.92. The molecule has 0 aromatic carbocycles. The highest BCUT2D eigenvalue weighted by Gasteiger charge is 2.25. The molecule has 2 fully saturated rings. The highest BCUT2D eigenvalue weighted by molar-refractivity contribution is 6.28. The fourth-order valence-electron chi connectivity index (χ4n) is 1.28. The Bertz CT molecular complexity index is 316. The summed E-state index contributed by atoms with van der Waals surface area (Å²) < 4.78 is 0. The lowest BCUT2D eigenvalue weighted by atomic mass is 10.5. The molecule has 1 aromatic rings. The third kappa shape index (κ3) is 1.42. The van der Waals surface area contributed by atoms with Gasteiger partial charge in [-0.25, -0.2) is 9.97 Å². The number of hydrogen-bond donors (Lipinski definition) is 0. The van der Waals surface area contributed by atoms with Gasteiger partial charge in [-0.1, -0.05) is 0 Å². The van der Waals surface area contributed by atoms with Gasteiger partial charge in [0.25, 0.3) is 0 Å². The van der Waals surface area contributed by atoms with Crippen molar-refractivity contribution in [1.82, 2.24) is 9.97 Å². The van der Waals surface area contributed by atoms with E-state index in [4.69, 9.17) is 11.6 Å². The zero-order valence-electron chi connectivity index (χ0n) is 7.07. The van der Waals surface area contributed by atoms with Gasteiger partial charge in [0, 0.05) is 32.2 Å². The van der Waals surface area contributed by atoms with E-state index >= 15 is 0 Å². The number of nitrogens with zero attached hydrogens (tertiary/aromatic N) is 4. The second-order valence-electron chi connectivity index (χ2n) is 3.33. The molecule has 0 amide bonds. The van der Waals surface area contributed by atoms with E-state index < -0.39 is 0 Å². The number of anilines is 2. The molecule has 0 spiro atoms. The largest absolute Gasteiger partial charge is 0.353 e. The van der Waals surface area contributed by atoms with Crippen molar-refractivity contribution in [2.24, 2.45) is 0 Å². The molecule has 2 saturated heterocycles. The van der Waals surface area contributed by atoms with Crippen LogP contribution in [0.15, 0.2) is 6.07 Å². The smallest absolute Gasteiger partial charge is 0.226 e. The molecule has 2 aliphatic rings. The Balaban J connectivity index is 1.99. The molecule has 1 aromatic heterocycles. The highest BCUT2D eigenvalue weighted by Crippen LogP contribution is 2.27. The predicted molar refractivity (Wildman–Crippen MR) is 51.5 cm³/mol. The summed E-state index contributed by atoms with van der Waals surface area (Å²) in [4.78, 5) is 12.7. The molecular weight excluding hydrogens is 188 g/mol. The van der Waals surface area contributed by atoms with E-state index in [9.17, 15) is 0 Å². The molecule has 0 atom stereocenters. The average molecular weight is 197 g/mol. The molecule has 0 saturated carbocycles. The second-order valence-corrected chi connectivity index (χ2v) is 3.67. The molecule has 0 aliphatic carbocycles. The van der Waals surface area contributed by atoms with Gasteiger partial charge in [0.05, 0.1) is 0 Å². The van der Waals surface area contributed by atoms with Crippen LogP contribution in [0.2, 0.25) is 5.28 Å². The fraction of sp³-hybridized carbons (Fsp3) is 0.500. The third-order valence-electron chi connectivity index (χ3n) is 2.21. The van der Waals surface area contributed by atoms with Gasteiger partial charge in [0.1, 0.15) is 11.6 Å². The Labute approximate surface area is 81.1 Å². The van der Waals surface area contributed by atoms with Gasteiger partial charge in [-0.3, -0.25) is 0 Å². The van der Waals surface area contributed by atoms with Crippen molar-refractivity contribution < 1.29 is 0 Å². The highest BCUT2D eigenvalue weighted by atomic mass is 35.5. The van der Waals surface area contributed by atoms with Crippen molar-refractivity contribution in [3.63, 3.8) is 0 Å². The van der Waals surface area contributed by atoms with Crippen molar-refractivity contribution in [2.75, 3.05) is 36.0 Å². The molecule has 0 radical (unpaired) electrons. The van der Waals surface area contributed by atoms with Crippen LogP contribution in [0.3, 0.4) is 0 Å². The van der Waals surface area contributed by atoms with Gasteiger partial charge in [0.15, 0.2) is 0 Å². The first kappa shape index (κ1) is 7.38. The lowest BCUT2D eigenvalue weighted by molar-refractivity contribution is 1.11. The minimum Gasteiger partial charge on any atom is -0.353 e. The van der Waals surface area contributed by atoms with E-state index in [2.05, 4.69) is 19.8 Å². The molecule has 4 nitrogen and oxygen atoms in total. The molecule has 2 aliphatic heterocycles. The summed E-state index contributed by atoms with van der Waals surface area (Å²) in [7, 11) is 0. The van der Waals surface area contributed by atoms with Crippen molar-refractivity contribution >= 4 is 23.2 Å². The molecule has 68 valence electrons. The van der Waals surface area contributed by atoms with E-state index in [1.807, 2.05) is 6.07 Å². The van der Waals surface area contributed by atoms with Crippen LogP contribution in [0.25, 0.3) is 0 Å². The van der Waals surface area contributed by atoms with E-state index in [-0.39, 0.29) is 0 Å². The van der Waals surface area contributed by atoms with Gasteiger partial charge < -0.3 is 9.80 Å². The van der Waals surface area contributed by atoms with Gasteiger partial charge in [-0.15, -0.1) is 0 Å². The van der Waals surface area contributed by atoms with Gasteiger partial charge >= 0.3 is 0 Å². The van der Waals surface area contributed by atoms with Crippen molar-refractivity contribution in [3.8, 4) is 0 Å². The summed E-state index contributed by atoms with van der Waals surface area (Å²) >= 11 is 5.82. The Morgan fingerprint density at radius 1 is 1.00 bits per heavy atom. The van der Waals surface area contributed by atoms with Crippen LogP contribution in [0.1, 0.15) is 0 Å². The summed E-state index contributed by atoms with van der Waals surface area (Å²) in [6.07, 6.45) is 0. The topological polar surface area (TPSA) is 31.8 Å². The third-order valence-corrected chi connectivity index (χ3v) is 2.38. The van der Waals surface area contributed by atoms with Crippen LogP contribution in [0.5, 0.6) is 0 Å². The SMILES string of the molecule is Clc1nc(N2CC2)cc(N2CC2)n1. The maximum Gasteiger partial charge on any atom is 0.226 e. The Hall–Kier alpha value is -1.03. The summed E-state index contributed by atoms with van der Waals surface area (Å²) in [5.41, 5.74) is 0. The minimum absolute atomic E-state index is 0.353. The summed E-state index contributed by atoms with van der Waals surface area (Å²) in [6, 6.07) is 2.01. The summed E-state index contributed by atoms with van der Waals surface area (Å²) in [6.45, 7) is 4.36. The molecule has 3 rings (SSSR count). The second kappa shape index (κ2) is 2.48. The van der Waals surface area contributed by atoms with E-state index in [1.54, 1.807) is 0 Å². The average Bonchev–Trinajstić information content (AvgIpc) is 2.98. The standard InChI is InChI=1S/C8H9ClN4/c9-8-10-6(12-1-2-12)5-7(11-8)13-3-4-13/h5H,1-4H2. The van der Waals surface area contributed by atoms with Crippen LogP contribution in [0.4, 0.5) is 11.6 Å². The van der Waals surface area contributed by atoms with Crippen LogP contribution in [-0.2, 0) is 0 Å². The number of aromatic nitrogens is 2. The first-order valence-electron chi connectivity index (χ1n) is 4.37. The fourth-order valence-corrected chi connectivity index (χ4v) is 1.45. The summed E-state index contributed by atoms with van der Waals surface area (Å²) in [5, 5.41) is 0.353. The lowest BCUT2D eigenvalue weighted by Gasteiger charge is -2.05. The van der Waals surface area contributed by atoms with E-state index in [0.29, 0.717) is 5.28 Å². The van der Waals surface area contributed by atoms with Crippen molar-refractivity contribution in [2.45, 2.75) is 0 Å². The Morgan fingerprint density at radius 2 is 1.46 bits per heavy atom. The van der Waals surface area contributed by atoms with Crippen LogP contribution in [0, 0.1) is 0 Å². The van der Waals surface area contributed by atoms with E-state index in [1.165, 1.54) is 0 Å². The monoisotopic (exact) mass is 196 g/mol. The first-order valence-corrected chi connectivity index (χ1v) is 4.75. The van der Waals surface area contributed by atoms with Gasteiger partial charge in [-0.05, 0) is 11.6 Å². The molecule has 13 heavy (non-hydrogen) atoms.